The molecule has 2 aromatic rings. The van der Waals surface area contributed by atoms with Crippen molar-refractivity contribution in [2.75, 3.05) is 36.0 Å². The van der Waals surface area contributed by atoms with Gasteiger partial charge in [-0.1, -0.05) is 23.8 Å². The van der Waals surface area contributed by atoms with Gasteiger partial charge < -0.3 is 19.6 Å². The molecule has 2 fully saturated rings. The van der Waals surface area contributed by atoms with E-state index in [1.807, 2.05) is 12.1 Å². The number of ether oxygens (including phenoxy) is 1. The molecule has 0 spiro atoms. The number of rotatable bonds is 4. The third kappa shape index (κ3) is 5.06. The Bertz CT molecular complexity index is 919. The smallest absolute Gasteiger partial charge is 0.406 e. The predicted octanol–water partition coefficient (Wildman–Crippen LogP) is 4.29. The van der Waals surface area contributed by atoms with Gasteiger partial charge in [0.1, 0.15) is 12.0 Å². The van der Waals surface area contributed by atoms with Crippen molar-refractivity contribution in [3.05, 3.63) is 53.6 Å². The molecule has 0 radical (unpaired) electrons. The second kappa shape index (κ2) is 8.82. The van der Waals surface area contributed by atoms with Gasteiger partial charge in [0.15, 0.2) is 0 Å². The number of halogens is 4. The lowest BCUT2D eigenvalue weighted by atomic mass is 10.1. The third-order valence-corrected chi connectivity index (χ3v) is 6.20. The topological polar surface area (TPSA) is 39.2 Å². The first kappa shape index (κ1) is 22.1. The number of alkyl halides is 3. The molecule has 10 heteroatoms. The highest BCUT2D eigenvalue weighted by molar-refractivity contribution is 7.80. The average molecular weight is 472 g/mol. The summed E-state index contributed by atoms with van der Waals surface area (Å²) >= 11 is 11.5. The fourth-order valence-corrected chi connectivity index (χ4v) is 4.60. The summed E-state index contributed by atoms with van der Waals surface area (Å²) in [6.45, 7) is 2.80. The Kier molecular flexibility index (Phi) is 6.30. The van der Waals surface area contributed by atoms with Crippen LogP contribution in [0.15, 0.2) is 48.5 Å². The molecule has 2 aliphatic heterocycles. The van der Waals surface area contributed by atoms with Crippen molar-refractivity contribution in [1.82, 2.24) is 4.90 Å². The zero-order valence-corrected chi connectivity index (χ0v) is 18.0. The second-order valence-corrected chi connectivity index (χ2v) is 8.40. The van der Waals surface area contributed by atoms with E-state index in [0.717, 1.165) is 11.4 Å². The number of benzene rings is 2. The molecule has 0 bridgehead atoms. The fraction of sp³-hybridized carbons (Fsp3) is 0.381. The molecule has 2 heterocycles. The lowest BCUT2D eigenvalue weighted by molar-refractivity contribution is -0.274. The van der Waals surface area contributed by atoms with E-state index in [0.29, 0.717) is 42.6 Å². The van der Waals surface area contributed by atoms with Gasteiger partial charge >= 0.3 is 6.36 Å². The van der Waals surface area contributed by atoms with Crippen molar-refractivity contribution in [2.45, 2.75) is 25.1 Å². The standard InChI is InChI=1S/C21H21ClF3N3O2S/c22-14-1-3-16(4-2-14)28-19(31)13-18(20(28)29)27-11-9-26(10-12-27)15-5-7-17(8-6-15)30-21(23,24)25/h1-8,18,20,29H,9-13H2. The van der Waals surface area contributed by atoms with Gasteiger partial charge in [-0.25, -0.2) is 0 Å². The minimum atomic E-state index is -4.70. The molecule has 4 rings (SSSR count). The van der Waals surface area contributed by atoms with E-state index < -0.39 is 12.6 Å². The molecule has 0 amide bonds. The van der Waals surface area contributed by atoms with Gasteiger partial charge in [-0.2, -0.15) is 0 Å². The monoisotopic (exact) mass is 471 g/mol. The summed E-state index contributed by atoms with van der Waals surface area (Å²) in [5, 5.41) is 11.6. The summed E-state index contributed by atoms with van der Waals surface area (Å²) in [4.78, 5) is 6.76. The summed E-state index contributed by atoms with van der Waals surface area (Å²) in [6.07, 6.45) is -4.86. The zero-order chi connectivity index (χ0) is 22.2. The van der Waals surface area contributed by atoms with Crippen LogP contribution >= 0.6 is 23.8 Å². The summed E-state index contributed by atoms with van der Waals surface area (Å²) in [5.41, 5.74) is 1.64. The van der Waals surface area contributed by atoms with Crippen LogP contribution in [0.25, 0.3) is 0 Å². The average Bonchev–Trinajstić information content (AvgIpc) is 3.02. The van der Waals surface area contributed by atoms with E-state index in [4.69, 9.17) is 23.8 Å². The first-order valence-corrected chi connectivity index (χ1v) is 10.6. The van der Waals surface area contributed by atoms with Crippen molar-refractivity contribution in [1.29, 1.82) is 0 Å². The Morgan fingerprint density at radius 3 is 2.10 bits per heavy atom. The molecule has 0 aliphatic carbocycles. The van der Waals surface area contributed by atoms with Gasteiger partial charge in [-0.05, 0) is 48.5 Å². The minimum Gasteiger partial charge on any atom is -0.406 e. The maximum absolute atomic E-state index is 12.3. The van der Waals surface area contributed by atoms with E-state index in [2.05, 4.69) is 14.5 Å². The van der Waals surface area contributed by atoms with Crippen LogP contribution < -0.4 is 14.5 Å². The Morgan fingerprint density at radius 1 is 0.935 bits per heavy atom. The molecule has 1 N–H and O–H groups in total. The van der Waals surface area contributed by atoms with Gasteiger partial charge in [-0.3, -0.25) is 4.90 Å². The lowest BCUT2D eigenvalue weighted by Gasteiger charge is -2.40. The van der Waals surface area contributed by atoms with Crippen LogP contribution in [0.2, 0.25) is 5.02 Å². The fourth-order valence-electron chi connectivity index (χ4n) is 4.09. The van der Waals surface area contributed by atoms with Gasteiger partial charge in [0.05, 0.1) is 11.0 Å². The SMILES string of the molecule is OC1C(N2CCN(c3ccc(OC(F)(F)F)cc3)CC2)CC(=S)N1c1ccc(Cl)cc1. The summed E-state index contributed by atoms with van der Waals surface area (Å²) < 4.78 is 40.9. The first-order chi connectivity index (χ1) is 14.7. The van der Waals surface area contributed by atoms with Crippen LogP contribution in [-0.4, -0.2) is 59.8 Å². The molecule has 2 aromatic carbocycles. The molecule has 166 valence electrons. The van der Waals surface area contributed by atoms with Crippen LogP contribution in [0, 0.1) is 0 Å². The first-order valence-electron chi connectivity index (χ1n) is 9.82. The normalized spacial score (nSPS) is 22.8. The van der Waals surface area contributed by atoms with Crippen LogP contribution in [0.4, 0.5) is 24.5 Å². The quantitative estimate of drug-likeness (QED) is 0.671. The highest BCUT2D eigenvalue weighted by Gasteiger charge is 2.41. The number of aliphatic hydroxyl groups excluding tert-OH is 1. The summed E-state index contributed by atoms with van der Waals surface area (Å²) in [6, 6.07) is 13.0. The highest BCUT2D eigenvalue weighted by atomic mass is 35.5. The number of hydrogen-bond acceptors (Lipinski definition) is 5. The number of nitrogens with zero attached hydrogens (tertiary/aromatic N) is 3. The number of anilines is 2. The van der Waals surface area contributed by atoms with Gasteiger partial charge in [0.2, 0.25) is 0 Å². The molecule has 2 aliphatic rings. The van der Waals surface area contributed by atoms with E-state index in [-0.39, 0.29) is 11.8 Å². The zero-order valence-electron chi connectivity index (χ0n) is 16.4. The molecule has 0 saturated carbocycles. The van der Waals surface area contributed by atoms with E-state index >= 15 is 0 Å². The maximum Gasteiger partial charge on any atom is 0.573 e. The largest absolute Gasteiger partial charge is 0.573 e. The third-order valence-electron chi connectivity index (χ3n) is 5.58. The minimum absolute atomic E-state index is 0.118. The summed E-state index contributed by atoms with van der Waals surface area (Å²) in [7, 11) is 0. The van der Waals surface area contributed by atoms with Gasteiger partial charge in [0, 0.05) is 49.0 Å². The molecule has 2 unspecified atom stereocenters. The van der Waals surface area contributed by atoms with Crippen LogP contribution in [0.1, 0.15) is 6.42 Å². The lowest BCUT2D eigenvalue weighted by Crippen LogP contribution is -2.54. The Morgan fingerprint density at radius 2 is 1.52 bits per heavy atom. The molecule has 2 atom stereocenters. The number of thiocarbonyl (C=S) groups is 1. The maximum atomic E-state index is 12.3. The van der Waals surface area contributed by atoms with Crippen LogP contribution in [0.5, 0.6) is 5.75 Å². The van der Waals surface area contributed by atoms with Crippen molar-refractivity contribution in [2.24, 2.45) is 0 Å². The van der Waals surface area contributed by atoms with Crippen molar-refractivity contribution in [3.63, 3.8) is 0 Å². The molecule has 2 saturated heterocycles. The Labute approximate surface area is 188 Å². The molecule has 5 nitrogen and oxygen atoms in total. The predicted molar refractivity (Wildman–Crippen MR) is 118 cm³/mol. The van der Waals surface area contributed by atoms with E-state index in [9.17, 15) is 18.3 Å². The second-order valence-electron chi connectivity index (χ2n) is 7.49. The Balaban J connectivity index is 1.36. The van der Waals surface area contributed by atoms with Crippen LogP contribution in [0.3, 0.4) is 0 Å². The van der Waals surface area contributed by atoms with Crippen molar-refractivity contribution < 1.29 is 23.0 Å². The molecular weight excluding hydrogens is 451 g/mol. The van der Waals surface area contributed by atoms with E-state index in [1.54, 1.807) is 29.2 Å². The number of aliphatic hydroxyl groups is 1. The number of hydrogen-bond donors (Lipinski definition) is 1. The summed E-state index contributed by atoms with van der Waals surface area (Å²) in [5.74, 6) is -0.236. The van der Waals surface area contributed by atoms with Crippen molar-refractivity contribution in [3.8, 4) is 5.75 Å². The van der Waals surface area contributed by atoms with Gasteiger partial charge in [0.25, 0.3) is 0 Å². The van der Waals surface area contributed by atoms with Gasteiger partial charge in [-0.15, -0.1) is 13.2 Å². The Hall–Kier alpha value is -2.07. The number of piperazine rings is 1. The molecule has 31 heavy (non-hydrogen) atoms. The van der Waals surface area contributed by atoms with E-state index in [1.165, 1.54) is 12.1 Å². The van der Waals surface area contributed by atoms with Crippen LogP contribution in [-0.2, 0) is 0 Å². The van der Waals surface area contributed by atoms with Crippen molar-refractivity contribution >= 4 is 40.2 Å². The molecular formula is C21H21ClF3N3O2S. The highest BCUT2D eigenvalue weighted by Crippen LogP contribution is 2.32. The molecule has 0 aromatic heterocycles.